The van der Waals surface area contributed by atoms with Crippen LogP contribution < -0.4 is 4.74 Å². The number of benzene rings is 2. The average Bonchev–Trinajstić information content (AvgIpc) is 2.48. The largest absolute Gasteiger partial charge is 0.496 e. The monoisotopic (exact) mass is 347 g/mol. The van der Waals surface area contributed by atoms with E-state index in [9.17, 15) is 10.1 Å². The molecule has 5 heteroatoms. The van der Waals surface area contributed by atoms with Crippen LogP contribution in [0.25, 0.3) is 6.08 Å². The van der Waals surface area contributed by atoms with Gasteiger partial charge in [-0.2, -0.15) is 0 Å². The topological polar surface area (TPSA) is 52.4 Å². The smallest absolute Gasteiger partial charge is 0.251 e. The summed E-state index contributed by atoms with van der Waals surface area (Å²) < 4.78 is 6.09. The summed E-state index contributed by atoms with van der Waals surface area (Å²) in [6.07, 6.45) is 1.82. The Hall–Kier alpha value is -2.14. The van der Waals surface area contributed by atoms with E-state index in [2.05, 4.69) is 15.9 Å². The lowest BCUT2D eigenvalue weighted by Gasteiger charge is -2.06. The van der Waals surface area contributed by atoms with Gasteiger partial charge in [-0.15, -0.1) is 0 Å². The molecule has 0 aromatic heterocycles. The lowest BCUT2D eigenvalue weighted by Crippen LogP contribution is -2.02. The Morgan fingerprint density at radius 2 is 2.00 bits per heavy atom. The maximum atomic E-state index is 11.3. The van der Waals surface area contributed by atoms with E-state index in [1.54, 1.807) is 25.3 Å². The first-order chi connectivity index (χ1) is 10.1. The van der Waals surface area contributed by atoms with Crippen molar-refractivity contribution in [2.75, 3.05) is 7.11 Å². The summed E-state index contributed by atoms with van der Waals surface area (Å²) in [7, 11) is 1.55. The number of nitrogens with zero attached hydrogens (tertiary/aromatic N) is 1. The fourth-order valence-corrected chi connectivity index (χ4v) is 2.35. The minimum atomic E-state index is -0.354. The second-order valence-electron chi connectivity index (χ2n) is 4.44. The van der Waals surface area contributed by atoms with Crippen molar-refractivity contribution in [3.05, 3.63) is 79.9 Å². The predicted molar refractivity (Wildman–Crippen MR) is 85.8 cm³/mol. The molecule has 0 aliphatic rings. The Kier molecular flexibility index (Phi) is 5.11. The van der Waals surface area contributed by atoms with Crippen molar-refractivity contribution >= 4 is 22.0 Å². The van der Waals surface area contributed by atoms with Gasteiger partial charge in [0.25, 0.3) is 5.70 Å². The molecule has 0 N–H and O–H groups in total. The lowest BCUT2D eigenvalue weighted by atomic mass is 10.1. The van der Waals surface area contributed by atoms with Crippen molar-refractivity contribution in [3.63, 3.8) is 0 Å². The molecule has 4 nitrogen and oxygen atoms in total. The predicted octanol–water partition coefficient (Wildman–Crippen LogP) is 4.32. The van der Waals surface area contributed by atoms with E-state index in [4.69, 9.17) is 4.74 Å². The van der Waals surface area contributed by atoms with E-state index in [0.29, 0.717) is 11.3 Å². The maximum Gasteiger partial charge on any atom is 0.251 e. The number of hydrogen-bond donors (Lipinski definition) is 0. The van der Waals surface area contributed by atoms with Gasteiger partial charge in [0.2, 0.25) is 0 Å². The quantitative estimate of drug-likeness (QED) is 0.597. The molecule has 0 amide bonds. The van der Waals surface area contributed by atoms with Crippen molar-refractivity contribution in [2.24, 2.45) is 0 Å². The van der Waals surface area contributed by atoms with Gasteiger partial charge in [0, 0.05) is 16.1 Å². The molecule has 0 radical (unpaired) electrons. The molecule has 108 valence electrons. The average molecular weight is 348 g/mol. The third-order valence-corrected chi connectivity index (χ3v) is 3.47. The number of halogens is 1. The molecule has 2 rings (SSSR count). The fraction of sp³-hybridized carbons (Fsp3) is 0.125. The molecule has 2 aromatic rings. The third kappa shape index (κ3) is 4.16. The van der Waals surface area contributed by atoms with Crippen LogP contribution in [0.5, 0.6) is 5.75 Å². The number of hydrogen-bond acceptors (Lipinski definition) is 3. The molecule has 0 saturated heterocycles. The highest BCUT2D eigenvalue weighted by Gasteiger charge is 2.14. The second-order valence-corrected chi connectivity index (χ2v) is 5.36. The maximum absolute atomic E-state index is 11.3. The zero-order valence-electron chi connectivity index (χ0n) is 11.5. The number of rotatable bonds is 5. The molecule has 0 fully saturated rings. The lowest BCUT2D eigenvalue weighted by molar-refractivity contribution is -0.425. The zero-order valence-corrected chi connectivity index (χ0v) is 13.0. The third-order valence-electron chi connectivity index (χ3n) is 2.98. The van der Waals surface area contributed by atoms with Crippen molar-refractivity contribution in [1.82, 2.24) is 0 Å². The molecule has 0 unspecified atom stereocenters. The van der Waals surface area contributed by atoms with Crippen LogP contribution in [0.3, 0.4) is 0 Å². The minimum Gasteiger partial charge on any atom is -0.496 e. The van der Waals surface area contributed by atoms with Crippen molar-refractivity contribution in [2.45, 2.75) is 6.42 Å². The van der Waals surface area contributed by atoms with Crippen LogP contribution >= 0.6 is 15.9 Å². The molecule has 0 heterocycles. The molecule has 2 aromatic carbocycles. The van der Waals surface area contributed by atoms with Gasteiger partial charge in [-0.25, -0.2) is 0 Å². The van der Waals surface area contributed by atoms with Crippen molar-refractivity contribution in [3.8, 4) is 5.75 Å². The summed E-state index contributed by atoms with van der Waals surface area (Å²) in [4.78, 5) is 10.9. The Bertz CT molecular complexity index is 668. The molecular formula is C16H14BrNO3. The van der Waals surface area contributed by atoms with E-state index >= 15 is 0 Å². The molecule has 0 aliphatic heterocycles. The van der Waals surface area contributed by atoms with E-state index in [1.807, 2.05) is 36.4 Å². The summed E-state index contributed by atoms with van der Waals surface area (Å²) in [5, 5.41) is 11.3. The molecule has 0 atom stereocenters. The van der Waals surface area contributed by atoms with E-state index < -0.39 is 0 Å². The van der Waals surface area contributed by atoms with Gasteiger partial charge in [-0.1, -0.05) is 46.3 Å². The number of methoxy groups -OCH3 is 1. The summed E-state index contributed by atoms with van der Waals surface area (Å²) >= 11 is 3.36. The Morgan fingerprint density at radius 3 is 2.62 bits per heavy atom. The van der Waals surface area contributed by atoms with Crippen LogP contribution in [0.1, 0.15) is 11.1 Å². The van der Waals surface area contributed by atoms with Gasteiger partial charge >= 0.3 is 0 Å². The molecule has 21 heavy (non-hydrogen) atoms. The zero-order chi connectivity index (χ0) is 15.2. The Morgan fingerprint density at radius 1 is 1.29 bits per heavy atom. The first-order valence-corrected chi connectivity index (χ1v) is 7.12. The molecular weight excluding hydrogens is 334 g/mol. The summed E-state index contributed by atoms with van der Waals surface area (Å²) in [5.74, 6) is 0.602. The van der Waals surface area contributed by atoms with Crippen LogP contribution in [0, 0.1) is 10.1 Å². The summed E-state index contributed by atoms with van der Waals surface area (Å²) in [6.45, 7) is 0. The summed E-state index contributed by atoms with van der Waals surface area (Å²) in [5.41, 5.74) is 1.70. The molecule has 0 bridgehead atoms. The highest BCUT2D eigenvalue weighted by atomic mass is 79.9. The number of ether oxygens (including phenoxy) is 1. The van der Waals surface area contributed by atoms with Gasteiger partial charge in [0.1, 0.15) is 5.75 Å². The first kappa shape index (κ1) is 15.3. The highest BCUT2D eigenvalue weighted by Crippen LogP contribution is 2.26. The first-order valence-electron chi connectivity index (χ1n) is 6.32. The van der Waals surface area contributed by atoms with Gasteiger partial charge < -0.3 is 4.74 Å². The number of allylic oxidation sites excluding steroid dienone is 1. The normalized spacial score (nSPS) is 11.2. The number of nitro groups is 1. The Balaban J connectivity index is 2.38. The standard InChI is InChI=1S/C16H14BrNO3/c1-21-16-8-7-14(17)10-13(16)11-15(18(19)20)9-12-5-3-2-4-6-12/h2-8,10-11H,9H2,1H3. The van der Waals surface area contributed by atoms with Crippen LogP contribution in [0.2, 0.25) is 0 Å². The summed E-state index contributed by atoms with van der Waals surface area (Å²) in [6, 6.07) is 14.8. The molecule has 0 spiro atoms. The van der Waals surface area contributed by atoms with Crippen LogP contribution in [0.15, 0.2) is 58.7 Å². The van der Waals surface area contributed by atoms with Crippen LogP contribution in [-0.2, 0) is 6.42 Å². The van der Waals surface area contributed by atoms with Crippen molar-refractivity contribution in [1.29, 1.82) is 0 Å². The van der Waals surface area contributed by atoms with E-state index in [-0.39, 0.29) is 17.0 Å². The minimum absolute atomic E-state index is 0.123. The van der Waals surface area contributed by atoms with Gasteiger partial charge in [0.05, 0.1) is 18.5 Å². The molecule has 0 aliphatic carbocycles. The van der Waals surface area contributed by atoms with E-state index in [1.165, 1.54) is 0 Å². The highest BCUT2D eigenvalue weighted by molar-refractivity contribution is 9.10. The van der Waals surface area contributed by atoms with Gasteiger partial charge in [-0.05, 0) is 23.8 Å². The Labute approximate surface area is 131 Å². The SMILES string of the molecule is COc1ccc(Br)cc1C=C(Cc1ccccc1)[N+](=O)[O-]. The molecule has 0 saturated carbocycles. The van der Waals surface area contributed by atoms with Crippen LogP contribution in [0.4, 0.5) is 0 Å². The van der Waals surface area contributed by atoms with Gasteiger partial charge in [0.15, 0.2) is 0 Å². The fourth-order valence-electron chi connectivity index (χ4n) is 1.97. The van der Waals surface area contributed by atoms with E-state index in [0.717, 1.165) is 10.0 Å². The van der Waals surface area contributed by atoms with Gasteiger partial charge in [-0.3, -0.25) is 10.1 Å². The second kappa shape index (κ2) is 7.04. The van der Waals surface area contributed by atoms with Crippen LogP contribution in [-0.4, -0.2) is 12.0 Å². The van der Waals surface area contributed by atoms with Crippen molar-refractivity contribution < 1.29 is 9.66 Å².